The number of carbonyl (C=O) groups excluding carboxylic acids is 2. The molecule has 3 aromatic rings. The second-order valence-corrected chi connectivity index (χ2v) is 7.33. The van der Waals surface area contributed by atoms with Crippen molar-refractivity contribution in [3.05, 3.63) is 66.4 Å². The van der Waals surface area contributed by atoms with Crippen LogP contribution in [0.25, 0.3) is 10.9 Å². The van der Waals surface area contributed by atoms with Gasteiger partial charge in [0.25, 0.3) is 11.8 Å². The fourth-order valence-corrected chi connectivity index (χ4v) is 3.48. The largest absolute Gasteiger partial charge is 0.325 e. The molecule has 0 radical (unpaired) electrons. The van der Waals surface area contributed by atoms with Crippen LogP contribution in [0, 0.1) is 5.92 Å². The number of benzene rings is 2. The normalized spacial score (nSPS) is 16.5. The minimum atomic E-state index is -3.00. The maximum absolute atomic E-state index is 14.0. The SMILES string of the molecule is CCC(F)(F)c1cccc(NC(=O)C2C(=O)N(c3ccc4cccnc4c3)N=C2C)c1. The second kappa shape index (κ2) is 7.86. The van der Waals surface area contributed by atoms with Crippen LogP contribution in [0.3, 0.4) is 0 Å². The van der Waals surface area contributed by atoms with E-state index in [1.165, 1.54) is 36.2 Å². The Balaban J connectivity index is 1.55. The lowest BCUT2D eigenvalue weighted by Gasteiger charge is -2.17. The molecule has 6 nitrogen and oxygen atoms in total. The number of nitrogens with one attached hydrogen (secondary N) is 1. The number of hydrogen-bond acceptors (Lipinski definition) is 4. The number of hydrogen-bond donors (Lipinski definition) is 1. The van der Waals surface area contributed by atoms with Gasteiger partial charge in [-0.2, -0.15) is 10.1 Å². The molecule has 2 aromatic carbocycles. The lowest BCUT2D eigenvalue weighted by atomic mass is 10.0. The Hall–Kier alpha value is -3.68. The third-order valence-electron chi connectivity index (χ3n) is 5.22. The number of anilines is 2. The van der Waals surface area contributed by atoms with Crippen LogP contribution in [0.2, 0.25) is 0 Å². The van der Waals surface area contributed by atoms with Gasteiger partial charge in [0.15, 0.2) is 5.92 Å². The van der Waals surface area contributed by atoms with Gasteiger partial charge in [0, 0.05) is 29.3 Å². The van der Waals surface area contributed by atoms with E-state index in [0.717, 1.165) is 5.39 Å². The highest BCUT2D eigenvalue weighted by Gasteiger charge is 2.40. The Bertz CT molecular complexity index is 1210. The van der Waals surface area contributed by atoms with Crippen LogP contribution in [-0.2, 0) is 15.5 Å². The van der Waals surface area contributed by atoms with Crippen molar-refractivity contribution < 1.29 is 18.4 Å². The number of alkyl halides is 2. The summed E-state index contributed by atoms with van der Waals surface area (Å²) >= 11 is 0. The van der Waals surface area contributed by atoms with E-state index in [4.69, 9.17) is 0 Å². The molecule has 0 saturated carbocycles. The first kappa shape index (κ1) is 20.6. The summed E-state index contributed by atoms with van der Waals surface area (Å²) in [4.78, 5) is 30.1. The molecule has 1 aliphatic rings. The van der Waals surface area contributed by atoms with Crippen LogP contribution in [0.5, 0.6) is 0 Å². The predicted molar refractivity (Wildman–Crippen MR) is 115 cm³/mol. The van der Waals surface area contributed by atoms with Crippen molar-refractivity contribution >= 4 is 39.8 Å². The number of nitrogens with zero attached hydrogens (tertiary/aromatic N) is 3. The Morgan fingerprint density at radius 1 is 1.16 bits per heavy atom. The summed E-state index contributed by atoms with van der Waals surface area (Å²) in [5.41, 5.74) is 1.52. The molecular formula is C23H20F2N4O2. The molecule has 158 valence electrons. The van der Waals surface area contributed by atoms with E-state index < -0.39 is 23.7 Å². The molecule has 1 atom stereocenters. The van der Waals surface area contributed by atoms with Crippen LogP contribution in [-0.4, -0.2) is 22.5 Å². The fraction of sp³-hybridized carbons (Fsp3) is 0.217. The minimum Gasteiger partial charge on any atom is -0.325 e. The molecule has 0 aliphatic carbocycles. The molecule has 1 N–H and O–H groups in total. The molecule has 1 unspecified atom stereocenters. The van der Waals surface area contributed by atoms with E-state index in [9.17, 15) is 18.4 Å². The number of hydrazone groups is 1. The summed E-state index contributed by atoms with van der Waals surface area (Å²) in [5.74, 6) is -5.28. The minimum absolute atomic E-state index is 0.193. The van der Waals surface area contributed by atoms with Gasteiger partial charge in [-0.25, -0.2) is 8.78 Å². The zero-order valence-corrected chi connectivity index (χ0v) is 17.0. The molecule has 0 bridgehead atoms. The standard InChI is InChI=1S/C23H20F2N4O2/c1-3-23(24,25)16-7-4-8-17(12-16)27-21(30)20-14(2)28-29(22(20)31)18-10-9-15-6-5-11-26-19(15)13-18/h4-13,20H,3H2,1-2H3,(H,27,30). The number of pyridine rings is 1. The van der Waals surface area contributed by atoms with Gasteiger partial charge in [0.05, 0.1) is 16.9 Å². The average molecular weight is 422 g/mol. The summed E-state index contributed by atoms with van der Waals surface area (Å²) in [5, 5.41) is 8.91. The lowest BCUT2D eigenvalue weighted by Crippen LogP contribution is -2.36. The number of halogens is 2. The maximum atomic E-state index is 14.0. The topological polar surface area (TPSA) is 74.7 Å². The molecule has 0 saturated heterocycles. The highest BCUT2D eigenvalue weighted by Crippen LogP contribution is 2.33. The lowest BCUT2D eigenvalue weighted by molar-refractivity contribution is -0.127. The first-order valence-electron chi connectivity index (χ1n) is 9.83. The van der Waals surface area contributed by atoms with E-state index >= 15 is 0 Å². The number of amides is 2. The van der Waals surface area contributed by atoms with Gasteiger partial charge in [-0.15, -0.1) is 0 Å². The Labute approximate surface area is 177 Å². The quantitative estimate of drug-likeness (QED) is 0.605. The van der Waals surface area contributed by atoms with Gasteiger partial charge in [-0.3, -0.25) is 14.6 Å². The smallest absolute Gasteiger partial charge is 0.273 e. The molecule has 2 heterocycles. The summed E-state index contributed by atoms with van der Waals surface area (Å²) < 4.78 is 28.0. The molecule has 0 spiro atoms. The Morgan fingerprint density at radius 2 is 1.97 bits per heavy atom. The van der Waals surface area contributed by atoms with Gasteiger partial charge in [-0.05, 0) is 37.3 Å². The summed E-state index contributed by atoms with van der Waals surface area (Å²) in [6.45, 7) is 2.97. The van der Waals surface area contributed by atoms with E-state index in [1.54, 1.807) is 25.3 Å². The van der Waals surface area contributed by atoms with Crippen molar-refractivity contribution in [3.8, 4) is 0 Å². The fourth-order valence-electron chi connectivity index (χ4n) is 3.48. The third-order valence-corrected chi connectivity index (χ3v) is 5.22. The summed E-state index contributed by atoms with van der Waals surface area (Å²) in [7, 11) is 0. The molecular weight excluding hydrogens is 402 g/mol. The van der Waals surface area contributed by atoms with Crippen molar-refractivity contribution in [1.29, 1.82) is 0 Å². The zero-order chi connectivity index (χ0) is 22.2. The van der Waals surface area contributed by atoms with Gasteiger partial charge < -0.3 is 5.32 Å². The summed E-state index contributed by atoms with van der Waals surface area (Å²) in [6, 6.07) is 14.5. The molecule has 1 aliphatic heterocycles. The molecule has 8 heteroatoms. The van der Waals surface area contributed by atoms with E-state index in [1.807, 2.05) is 18.2 Å². The first-order chi connectivity index (χ1) is 14.8. The van der Waals surface area contributed by atoms with Gasteiger partial charge >= 0.3 is 0 Å². The van der Waals surface area contributed by atoms with Crippen molar-refractivity contribution in [1.82, 2.24) is 4.98 Å². The van der Waals surface area contributed by atoms with Crippen LogP contribution in [0.15, 0.2) is 65.9 Å². The predicted octanol–water partition coefficient (Wildman–Crippen LogP) is 4.71. The number of fused-ring (bicyclic) bond motifs is 1. The van der Waals surface area contributed by atoms with Crippen molar-refractivity contribution in [3.63, 3.8) is 0 Å². The van der Waals surface area contributed by atoms with Gasteiger partial charge in [0.2, 0.25) is 5.91 Å². The van der Waals surface area contributed by atoms with E-state index in [-0.39, 0.29) is 17.7 Å². The van der Waals surface area contributed by atoms with Crippen molar-refractivity contribution in [2.24, 2.45) is 11.0 Å². The highest BCUT2D eigenvalue weighted by atomic mass is 19.3. The Kier molecular flexibility index (Phi) is 5.22. The van der Waals surface area contributed by atoms with Crippen molar-refractivity contribution in [2.45, 2.75) is 26.2 Å². The molecule has 31 heavy (non-hydrogen) atoms. The van der Waals surface area contributed by atoms with E-state index in [2.05, 4.69) is 15.4 Å². The van der Waals surface area contributed by atoms with Crippen LogP contribution >= 0.6 is 0 Å². The molecule has 0 fully saturated rings. The number of rotatable bonds is 5. The van der Waals surface area contributed by atoms with E-state index in [0.29, 0.717) is 16.9 Å². The first-order valence-corrected chi connectivity index (χ1v) is 9.83. The second-order valence-electron chi connectivity index (χ2n) is 7.33. The van der Waals surface area contributed by atoms with Gasteiger partial charge in [0.1, 0.15) is 0 Å². The molecule has 4 rings (SSSR count). The number of carbonyl (C=O) groups is 2. The summed E-state index contributed by atoms with van der Waals surface area (Å²) in [6.07, 6.45) is 1.30. The maximum Gasteiger partial charge on any atom is 0.273 e. The van der Waals surface area contributed by atoms with Crippen LogP contribution in [0.4, 0.5) is 20.2 Å². The average Bonchev–Trinajstić information content (AvgIpc) is 3.07. The monoisotopic (exact) mass is 422 g/mol. The van der Waals surface area contributed by atoms with Gasteiger partial charge in [-0.1, -0.05) is 31.2 Å². The highest BCUT2D eigenvalue weighted by molar-refractivity contribution is 6.28. The molecule has 1 aromatic heterocycles. The number of aromatic nitrogens is 1. The van der Waals surface area contributed by atoms with Crippen LogP contribution < -0.4 is 10.3 Å². The van der Waals surface area contributed by atoms with Crippen molar-refractivity contribution in [2.75, 3.05) is 10.3 Å². The molecule has 2 amide bonds. The Morgan fingerprint density at radius 3 is 2.74 bits per heavy atom. The van der Waals surface area contributed by atoms with Crippen LogP contribution in [0.1, 0.15) is 25.8 Å². The zero-order valence-electron chi connectivity index (χ0n) is 17.0. The third kappa shape index (κ3) is 3.88.